The summed E-state index contributed by atoms with van der Waals surface area (Å²) in [4.78, 5) is 36.0. The highest BCUT2D eigenvalue weighted by Crippen LogP contribution is 2.20. The first-order valence-corrected chi connectivity index (χ1v) is 10.1. The lowest BCUT2D eigenvalue weighted by molar-refractivity contribution is -0.578. The maximum absolute atomic E-state index is 13.1. The van der Waals surface area contributed by atoms with Crippen molar-refractivity contribution in [3.05, 3.63) is 60.4 Å². The van der Waals surface area contributed by atoms with Gasteiger partial charge in [0.1, 0.15) is 6.20 Å². The Morgan fingerprint density at radius 1 is 1.16 bits per heavy atom. The fraction of sp³-hybridized carbons (Fsp3) is 0.200. The van der Waals surface area contributed by atoms with E-state index in [9.17, 15) is 9.59 Å². The summed E-state index contributed by atoms with van der Waals surface area (Å²) in [5.74, 6) is -0.365. The lowest BCUT2D eigenvalue weighted by atomic mass is 10.2. The standard InChI is InChI=1S/C20H20N10O2/c21-18(31)17-15(12-25-30(17)13-1-4-22-5-2-13)26-20(32)14-11-24-29-8-3-16(27-19(14)29)28-9-6-23-7-10-28/h1-5,8,11-12,23H,6-7,9-10H2,(H3,21,26,31,32)/p+1. The molecule has 5 heterocycles. The molecule has 1 aliphatic rings. The summed E-state index contributed by atoms with van der Waals surface area (Å²) in [5, 5.41) is 13.3. The summed E-state index contributed by atoms with van der Waals surface area (Å²) >= 11 is 0. The average molecular weight is 433 g/mol. The zero-order valence-electron chi connectivity index (χ0n) is 17.0. The Balaban J connectivity index is 1.46. The molecule has 0 unspecified atom stereocenters. The summed E-state index contributed by atoms with van der Waals surface area (Å²) in [6.45, 7) is 3.44. The number of aromatic amines is 1. The molecule has 5 rings (SSSR count). The second-order valence-corrected chi connectivity index (χ2v) is 7.25. The van der Waals surface area contributed by atoms with E-state index in [1.54, 1.807) is 35.2 Å². The van der Waals surface area contributed by atoms with Crippen molar-refractivity contribution in [1.82, 2.24) is 30.2 Å². The van der Waals surface area contributed by atoms with Crippen molar-refractivity contribution >= 4 is 29.0 Å². The Bertz CT molecular complexity index is 1290. The van der Waals surface area contributed by atoms with Gasteiger partial charge in [0.25, 0.3) is 11.8 Å². The molecule has 0 aliphatic carbocycles. The normalized spacial score (nSPS) is 13.9. The number of pyridine rings is 1. The molecule has 1 aliphatic heterocycles. The van der Waals surface area contributed by atoms with E-state index in [1.165, 1.54) is 10.9 Å². The molecule has 4 aromatic heterocycles. The smallest absolute Gasteiger partial charge is 0.363 e. The van der Waals surface area contributed by atoms with Crippen LogP contribution in [0.5, 0.6) is 0 Å². The number of nitrogens with two attached hydrogens (primary N) is 1. The van der Waals surface area contributed by atoms with Gasteiger partial charge >= 0.3 is 5.65 Å². The average Bonchev–Trinajstić information content (AvgIpc) is 3.44. The predicted molar refractivity (Wildman–Crippen MR) is 115 cm³/mol. The van der Waals surface area contributed by atoms with E-state index < -0.39 is 11.8 Å². The van der Waals surface area contributed by atoms with E-state index in [-0.39, 0.29) is 11.4 Å². The summed E-state index contributed by atoms with van der Waals surface area (Å²) in [6, 6.07) is 5.27. The highest BCUT2D eigenvalue weighted by Gasteiger charge is 2.26. The lowest BCUT2D eigenvalue weighted by Crippen LogP contribution is -2.44. The molecule has 1 fully saturated rings. The van der Waals surface area contributed by atoms with Crippen LogP contribution in [0.3, 0.4) is 0 Å². The molecule has 0 bridgehead atoms. The minimum atomic E-state index is -0.720. The van der Waals surface area contributed by atoms with E-state index in [2.05, 4.69) is 35.7 Å². The minimum Gasteiger partial charge on any atom is -0.364 e. The molecule has 0 spiro atoms. The minimum absolute atomic E-state index is 0.0616. The third kappa shape index (κ3) is 3.52. The Hall–Kier alpha value is -4.32. The van der Waals surface area contributed by atoms with E-state index in [0.29, 0.717) is 16.9 Å². The first-order valence-electron chi connectivity index (χ1n) is 10.1. The predicted octanol–water partition coefficient (Wildman–Crippen LogP) is -0.510. The number of carbonyl (C=O) groups is 2. The van der Waals surface area contributed by atoms with Crippen LogP contribution in [0, 0.1) is 0 Å². The Labute approximate surface area is 182 Å². The SMILES string of the molecule is NC(=O)c1c(NC(=O)c2c[nH][n+]3ccc(N4CCNCC4)nc23)cnn1-c1ccncc1. The van der Waals surface area contributed by atoms with Crippen molar-refractivity contribution < 1.29 is 14.1 Å². The molecule has 5 N–H and O–H groups in total. The molecular formula is C20H21N10O2+. The van der Waals surface area contributed by atoms with Crippen LogP contribution >= 0.6 is 0 Å². The first kappa shape index (κ1) is 19.6. The number of fused-ring (bicyclic) bond motifs is 1. The zero-order valence-corrected chi connectivity index (χ0v) is 17.0. The number of amides is 2. The van der Waals surface area contributed by atoms with Gasteiger partial charge in [0.15, 0.2) is 11.3 Å². The maximum Gasteiger partial charge on any atom is 0.363 e. The molecule has 12 nitrogen and oxygen atoms in total. The summed E-state index contributed by atoms with van der Waals surface area (Å²) < 4.78 is 3.03. The Morgan fingerprint density at radius 2 is 1.94 bits per heavy atom. The van der Waals surface area contributed by atoms with E-state index in [1.807, 2.05) is 12.3 Å². The number of carbonyl (C=O) groups excluding carboxylic acids is 2. The van der Waals surface area contributed by atoms with Crippen molar-refractivity contribution in [1.29, 1.82) is 0 Å². The monoisotopic (exact) mass is 433 g/mol. The zero-order chi connectivity index (χ0) is 22.1. The van der Waals surface area contributed by atoms with Crippen LogP contribution in [0.25, 0.3) is 11.3 Å². The van der Waals surface area contributed by atoms with Crippen LogP contribution in [0.1, 0.15) is 20.8 Å². The van der Waals surface area contributed by atoms with Crippen LogP contribution in [0.15, 0.2) is 49.2 Å². The first-order chi connectivity index (χ1) is 15.6. The van der Waals surface area contributed by atoms with E-state index in [4.69, 9.17) is 5.73 Å². The number of H-pyrrole nitrogens is 1. The van der Waals surface area contributed by atoms with Crippen LogP contribution in [-0.4, -0.2) is 62.8 Å². The van der Waals surface area contributed by atoms with Gasteiger partial charge in [-0.2, -0.15) is 5.10 Å². The van der Waals surface area contributed by atoms with Gasteiger partial charge in [0.05, 0.1) is 23.8 Å². The van der Waals surface area contributed by atoms with E-state index in [0.717, 1.165) is 32.0 Å². The molecule has 12 heteroatoms. The van der Waals surface area contributed by atoms with Gasteiger partial charge in [-0.3, -0.25) is 14.6 Å². The molecule has 0 radical (unpaired) electrons. The Kier molecular flexibility index (Phi) is 4.95. The van der Waals surface area contributed by atoms with Gasteiger partial charge in [-0.1, -0.05) is 0 Å². The van der Waals surface area contributed by atoms with E-state index >= 15 is 0 Å². The fourth-order valence-electron chi connectivity index (χ4n) is 3.69. The fourth-order valence-corrected chi connectivity index (χ4v) is 3.69. The number of aromatic nitrogens is 6. The summed E-state index contributed by atoms with van der Waals surface area (Å²) in [7, 11) is 0. The molecule has 0 atom stereocenters. The number of anilines is 2. The van der Waals surface area contributed by atoms with Gasteiger partial charge in [-0.15, -0.1) is 4.52 Å². The molecule has 1 saturated heterocycles. The van der Waals surface area contributed by atoms with Crippen molar-refractivity contribution in [3.8, 4) is 5.69 Å². The molecule has 2 amide bonds. The summed E-state index contributed by atoms with van der Waals surface area (Å²) in [5.41, 5.74) is 7.25. The number of nitrogens with one attached hydrogen (secondary N) is 3. The van der Waals surface area contributed by atoms with Gasteiger partial charge in [-0.05, 0) is 17.1 Å². The topological polar surface area (TPSA) is 151 Å². The number of nitrogens with zero attached hydrogens (tertiary/aromatic N) is 6. The highest BCUT2D eigenvalue weighted by molar-refractivity contribution is 6.10. The molecule has 162 valence electrons. The summed E-state index contributed by atoms with van der Waals surface area (Å²) in [6.07, 6.45) is 7.93. The molecular weight excluding hydrogens is 412 g/mol. The van der Waals surface area contributed by atoms with Crippen LogP contribution in [0.4, 0.5) is 11.5 Å². The quantitative estimate of drug-likeness (QED) is 0.310. The van der Waals surface area contributed by atoms with Gasteiger partial charge in [-0.25, -0.2) is 9.78 Å². The van der Waals surface area contributed by atoms with Crippen LogP contribution in [-0.2, 0) is 0 Å². The number of primary amides is 1. The van der Waals surface area contributed by atoms with Crippen molar-refractivity contribution in [2.75, 3.05) is 36.4 Å². The van der Waals surface area contributed by atoms with Crippen molar-refractivity contribution in [2.24, 2.45) is 5.73 Å². The Morgan fingerprint density at radius 3 is 2.69 bits per heavy atom. The third-order valence-electron chi connectivity index (χ3n) is 5.25. The number of hydrogen-bond donors (Lipinski definition) is 4. The highest BCUT2D eigenvalue weighted by atomic mass is 16.2. The molecule has 4 aromatic rings. The second kappa shape index (κ2) is 8.07. The molecule has 0 saturated carbocycles. The lowest BCUT2D eigenvalue weighted by Gasteiger charge is -2.25. The third-order valence-corrected chi connectivity index (χ3v) is 5.25. The largest absolute Gasteiger partial charge is 0.364 e. The molecule has 32 heavy (non-hydrogen) atoms. The van der Waals surface area contributed by atoms with Crippen molar-refractivity contribution in [2.45, 2.75) is 0 Å². The van der Waals surface area contributed by atoms with Gasteiger partial charge in [0, 0.05) is 44.6 Å². The van der Waals surface area contributed by atoms with Gasteiger partial charge in [0.2, 0.25) is 5.82 Å². The van der Waals surface area contributed by atoms with Crippen molar-refractivity contribution in [3.63, 3.8) is 0 Å². The number of piperazine rings is 1. The van der Waals surface area contributed by atoms with Crippen LogP contribution < -0.4 is 25.8 Å². The van der Waals surface area contributed by atoms with Gasteiger partial charge < -0.3 is 21.3 Å². The maximum atomic E-state index is 13.1. The second-order valence-electron chi connectivity index (χ2n) is 7.25. The van der Waals surface area contributed by atoms with Crippen LogP contribution in [0.2, 0.25) is 0 Å². The molecule has 0 aromatic carbocycles. The number of rotatable bonds is 5. The number of hydrogen-bond acceptors (Lipinski definition) is 7.